The summed E-state index contributed by atoms with van der Waals surface area (Å²) in [7, 11) is 0. The van der Waals surface area contributed by atoms with Gasteiger partial charge >= 0.3 is 0 Å². The monoisotopic (exact) mass is 342 g/mol. The average Bonchev–Trinajstić information content (AvgIpc) is 2.98. The van der Waals surface area contributed by atoms with Gasteiger partial charge in [-0.2, -0.15) is 0 Å². The van der Waals surface area contributed by atoms with E-state index in [-0.39, 0.29) is 5.69 Å². The summed E-state index contributed by atoms with van der Waals surface area (Å²) in [5.41, 5.74) is 4.05. The number of H-pyrrole nitrogens is 1. The zero-order chi connectivity index (χ0) is 14.8. The summed E-state index contributed by atoms with van der Waals surface area (Å²) < 4.78 is 1.04. The number of benzene rings is 2. The van der Waals surface area contributed by atoms with E-state index in [1.165, 1.54) is 12.1 Å². The Hall–Kier alpha value is -2.40. The number of rotatable bonds is 3. The number of aromatic nitrogens is 1. The molecular weight excluding hydrogens is 332 g/mol. The van der Waals surface area contributed by atoms with Crippen LogP contribution in [0, 0.1) is 10.1 Å². The molecule has 0 fully saturated rings. The number of halogens is 1. The number of nitrogens with one attached hydrogen (secondary N) is 1. The molecule has 0 saturated heterocycles. The molecule has 0 aliphatic carbocycles. The second-order valence-corrected chi connectivity index (χ2v) is 5.51. The number of hydrogen-bond acceptors (Lipinski definition) is 2. The number of non-ortho nitro benzene ring substituents is 1. The average molecular weight is 343 g/mol. The topological polar surface area (TPSA) is 58.9 Å². The highest BCUT2D eigenvalue weighted by molar-refractivity contribution is 9.10. The fraction of sp³-hybridized carbons (Fsp3) is 0. The quantitative estimate of drug-likeness (QED) is 0.536. The lowest BCUT2D eigenvalue weighted by molar-refractivity contribution is -0.384. The molecule has 1 aromatic heterocycles. The van der Waals surface area contributed by atoms with E-state index in [9.17, 15) is 10.1 Å². The van der Waals surface area contributed by atoms with Crippen molar-refractivity contribution >= 4 is 21.6 Å². The van der Waals surface area contributed by atoms with Gasteiger partial charge in [0, 0.05) is 28.0 Å². The predicted octanol–water partition coefficient (Wildman–Crippen LogP) is 5.02. The number of aromatic amines is 1. The Balaban J connectivity index is 1.90. The van der Waals surface area contributed by atoms with Crippen LogP contribution in [0.3, 0.4) is 0 Å². The van der Waals surface area contributed by atoms with Crippen LogP contribution < -0.4 is 0 Å². The molecule has 0 aliphatic heterocycles. The van der Waals surface area contributed by atoms with Crippen molar-refractivity contribution in [3.05, 3.63) is 75.3 Å². The fourth-order valence-electron chi connectivity index (χ4n) is 2.12. The largest absolute Gasteiger partial charge is 0.355 e. The lowest BCUT2D eigenvalue weighted by Crippen LogP contribution is -1.87. The summed E-state index contributed by atoms with van der Waals surface area (Å²) in [5.74, 6) is 0. The Morgan fingerprint density at radius 1 is 0.810 bits per heavy atom. The summed E-state index contributed by atoms with van der Waals surface area (Å²) in [6.45, 7) is 0. The van der Waals surface area contributed by atoms with Crippen LogP contribution in [0.5, 0.6) is 0 Å². The molecule has 0 bridgehead atoms. The molecule has 3 rings (SSSR count). The lowest BCUT2D eigenvalue weighted by atomic mass is 10.1. The number of nitro benzene ring substituents is 1. The molecule has 0 spiro atoms. The second-order valence-electron chi connectivity index (χ2n) is 4.60. The van der Waals surface area contributed by atoms with Crippen molar-refractivity contribution in [3.8, 4) is 22.5 Å². The first-order valence-electron chi connectivity index (χ1n) is 6.33. The summed E-state index contributed by atoms with van der Waals surface area (Å²) in [6, 6.07) is 18.5. The normalized spacial score (nSPS) is 10.5. The van der Waals surface area contributed by atoms with Crippen molar-refractivity contribution < 1.29 is 4.92 Å². The highest BCUT2D eigenvalue weighted by Gasteiger charge is 2.07. The zero-order valence-corrected chi connectivity index (χ0v) is 12.5. The van der Waals surface area contributed by atoms with Crippen molar-refractivity contribution in [2.24, 2.45) is 0 Å². The first-order valence-corrected chi connectivity index (χ1v) is 7.12. The van der Waals surface area contributed by atoms with Crippen molar-refractivity contribution in [2.75, 3.05) is 0 Å². The fourth-order valence-corrected chi connectivity index (χ4v) is 2.39. The molecule has 4 nitrogen and oxygen atoms in total. The van der Waals surface area contributed by atoms with E-state index in [1.807, 2.05) is 36.4 Å². The van der Waals surface area contributed by atoms with Gasteiger partial charge in [0.2, 0.25) is 0 Å². The van der Waals surface area contributed by atoms with Crippen LogP contribution in [0.25, 0.3) is 22.5 Å². The smallest absolute Gasteiger partial charge is 0.269 e. The minimum absolute atomic E-state index is 0.0958. The Morgan fingerprint density at radius 2 is 1.29 bits per heavy atom. The van der Waals surface area contributed by atoms with Gasteiger partial charge < -0.3 is 4.98 Å². The maximum Gasteiger partial charge on any atom is 0.269 e. The first kappa shape index (κ1) is 13.6. The van der Waals surface area contributed by atoms with Gasteiger partial charge in [-0.15, -0.1) is 0 Å². The second kappa shape index (κ2) is 5.54. The molecule has 0 amide bonds. The van der Waals surface area contributed by atoms with E-state index in [1.54, 1.807) is 12.1 Å². The van der Waals surface area contributed by atoms with Crippen molar-refractivity contribution in [1.82, 2.24) is 4.98 Å². The Morgan fingerprint density at radius 3 is 1.76 bits per heavy atom. The summed E-state index contributed by atoms with van der Waals surface area (Å²) in [4.78, 5) is 13.6. The number of hydrogen-bond donors (Lipinski definition) is 1. The Labute approximate surface area is 129 Å². The van der Waals surface area contributed by atoms with Crippen LogP contribution in [-0.2, 0) is 0 Å². The van der Waals surface area contributed by atoms with E-state index in [0.717, 1.165) is 27.0 Å². The zero-order valence-electron chi connectivity index (χ0n) is 10.9. The lowest BCUT2D eigenvalue weighted by Gasteiger charge is -2.00. The summed E-state index contributed by atoms with van der Waals surface area (Å²) in [6.07, 6.45) is 0. The predicted molar refractivity (Wildman–Crippen MR) is 86.0 cm³/mol. The van der Waals surface area contributed by atoms with Crippen LogP contribution in [0.15, 0.2) is 65.1 Å². The molecule has 0 aliphatic rings. The van der Waals surface area contributed by atoms with E-state index in [4.69, 9.17) is 0 Å². The van der Waals surface area contributed by atoms with Gasteiger partial charge in [0.1, 0.15) is 0 Å². The maximum atomic E-state index is 10.7. The SMILES string of the molecule is O=[N+]([O-])c1ccc(-c2ccc(-c3ccc(Br)cc3)[nH]2)cc1. The standard InChI is InChI=1S/C16H11BrN2O2/c17-13-5-1-11(2-6-13)15-9-10-16(18-15)12-3-7-14(8-4-12)19(20)21/h1-10,18H. The molecule has 1 N–H and O–H groups in total. The van der Waals surface area contributed by atoms with Gasteiger partial charge in [0.05, 0.1) is 4.92 Å². The van der Waals surface area contributed by atoms with Gasteiger partial charge in [-0.3, -0.25) is 10.1 Å². The van der Waals surface area contributed by atoms with Crippen molar-refractivity contribution in [3.63, 3.8) is 0 Å². The molecule has 21 heavy (non-hydrogen) atoms. The van der Waals surface area contributed by atoms with E-state index in [0.29, 0.717) is 0 Å². The van der Waals surface area contributed by atoms with Crippen molar-refractivity contribution in [2.45, 2.75) is 0 Å². The van der Waals surface area contributed by atoms with E-state index < -0.39 is 4.92 Å². The maximum absolute atomic E-state index is 10.7. The molecule has 3 aromatic rings. The van der Waals surface area contributed by atoms with Crippen LogP contribution in [0.2, 0.25) is 0 Å². The summed E-state index contributed by atoms with van der Waals surface area (Å²) in [5, 5.41) is 10.7. The minimum Gasteiger partial charge on any atom is -0.355 e. The molecule has 104 valence electrons. The molecule has 2 aromatic carbocycles. The molecular formula is C16H11BrN2O2. The van der Waals surface area contributed by atoms with Crippen LogP contribution in [-0.4, -0.2) is 9.91 Å². The molecule has 0 atom stereocenters. The van der Waals surface area contributed by atoms with Gasteiger partial charge in [0.15, 0.2) is 0 Å². The van der Waals surface area contributed by atoms with Gasteiger partial charge in [-0.1, -0.05) is 28.1 Å². The van der Waals surface area contributed by atoms with Gasteiger partial charge in [0.25, 0.3) is 5.69 Å². The Bertz CT molecular complexity index is 777. The van der Waals surface area contributed by atoms with Gasteiger partial charge in [-0.25, -0.2) is 0 Å². The van der Waals surface area contributed by atoms with Gasteiger partial charge in [-0.05, 0) is 47.5 Å². The third kappa shape index (κ3) is 2.87. The molecule has 0 radical (unpaired) electrons. The Kier molecular flexibility index (Phi) is 3.58. The molecule has 0 unspecified atom stereocenters. The molecule has 1 heterocycles. The van der Waals surface area contributed by atoms with Crippen molar-refractivity contribution in [1.29, 1.82) is 0 Å². The molecule has 5 heteroatoms. The van der Waals surface area contributed by atoms with Crippen LogP contribution in [0.4, 0.5) is 5.69 Å². The number of nitrogens with zero attached hydrogens (tertiary/aromatic N) is 1. The van der Waals surface area contributed by atoms with E-state index >= 15 is 0 Å². The number of nitro groups is 1. The molecule has 0 saturated carbocycles. The van der Waals surface area contributed by atoms with E-state index in [2.05, 4.69) is 20.9 Å². The highest BCUT2D eigenvalue weighted by atomic mass is 79.9. The highest BCUT2D eigenvalue weighted by Crippen LogP contribution is 2.26. The van der Waals surface area contributed by atoms with Crippen LogP contribution in [0.1, 0.15) is 0 Å². The van der Waals surface area contributed by atoms with Crippen LogP contribution >= 0.6 is 15.9 Å². The first-order chi connectivity index (χ1) is 10.1. The summed E-state index contributed by atoms with van der Waals surface area (Å²) >= 11 is 3.41. The third-order valence-electron chi connectivity index (χ3n) is 3.23. The minimum atomic E-state index is -0.397. The third-order valence-corrected chi connectivity index (χ3v) is 3.76.